The number of nitrogens with two attached hydrogens (primary N) is 1. The quantitative estimate of drug-likeness (QED) is 0.846. The number of halogens is 3. The standard InChI is InChI=1S/C14H17Cl2FN2O2/c1-14(2,18)13(20)19-3-4-21-12(7-19)8-5-11(17)10(16)6-9(8)15/h5-6,12H,3-4,7,18H2,1-2H3. The van der Waals surface area contributed by atoms with Crippen LogP contribution in [0.4, 0.5) is 4.39 Å². The molecule has 21 heavy (non-hydrogen) atoms. The van der Waals surface area contributed by atoms with Gasteiger partial charge in [0.15, 0.2) is 0 Å². The molecule has 7 heteroatoms. The van der Waals surface area contributed by atoms with Crippen molar-refractivity contribution in [3.05, 3.63) is 33.6 Å². The molecule has 1 aromatic rings. The Hall–Kier alpha value is -0.880. The first-order valence-corrected chi connectivity index (χ1v) is 7.30. The number of hydrogen-bond acceptors (Lipinski definition) is 3. The van der Waals surface area contributed by atoms with E-state index in [-0.39, 0.29) is 17.5 Å². The Kier molecular flexibility index (Phi) is 4.78. The molecule has 116 valence electrons. The second kappa shape index (κ2) is 6.08. The molecule has 2 rings (SSSR count). The number of hydrogen-bond donors (Lipinski definition) is 1. The lowest BCUT2D eigenvalue weighted by molar-refractivity contribution is -0.143. The molecular formula is C14H17Cl2FN2O2. The monoisotopic (exact) mass is 334 g/mol. The van der Waals surface area contributed by atoms with Gasteiger partial charge in [-0.2, -0.15) is 0 Å². The van der Waals surface area contributed by atoms with Gasteiger partial charge < -0.3 is 15.4 Å². The lowest BCUT2D eigenvalue weighted by Gasteiger charge is -2.36. The maximum Gasteiger partial charge on any atom is 0.242 e. The first kappa shape index (κ1) is 16.5. The normalized spacial score (nSPS) is 19.7. The van der Waals surface area contributed by atoms with Crippen molar-refractivity contribution in [2.24, 2.45) is 5.73 Å². The third kappa shape index (κ3) is 3.66. The molecule has 0 saturated carbocycles. The Morgan fingerprint density at radius 3 is 2.71 bits per heavy atom. The fourth-order valence-corrected chi connectivity index (χ4v) is 2.72. The maximum absolute atomic E-state index is 13.6. The van der Waals surface area contributed by atoms with E-state index in [1.807, 2.05) is 0 Å². The van der Waals surface area contributed by atoms with Crippen LogP contribution in [0.5, 0.6) is 0 Å². The zero-order valence-electron chi connectivity index (χ0n) is 11.8. The van der Waals surface area contributed by atoms with Crippen LogP contribution in [0.25, 0.3) is 0 Å². The molecule has 1 amide bonds. The van der Waals surface area contributed by atoms with Crippen LogP contribution in [0.15, 0.2) is 12.1 Å². The van der Waals surface area contributed by atoms with Crippen LogP contribution in [-0.4, -0.2) is 36.0 Å². The topological polar surface area (TPSA) is 55.6 Å². The van der Waals surface area contributed by atoms with Gasteiger partial charge in [0.1, 0.15) is 11.9 Å². The van der Waals surface area contributed by atoms with Crippen LogP contribution in [0.3, 0.4) is 0 Å². The van der Waals surface area contributed by atoms with Gasteiger partial charge in [-0.25, -0.2) is 4.39 Å². The van der Waals surface area contributed by atoms with Crippen molar-refractivity contribution in [2.75, 3.05) is 19.7 Å². The number of benzene rings is 1. The van der Waals surface area contributed by atoms with E-state index in [1.54, 1.807) is 18.7 Å². The van der Waals surface area contributed by atoms with E-state index < -0.39 is 17.5 Å². The van der Waals surface area contributed by atoms with Gasteiger partial charge in [-0.05, 0) is 26.0 Å². The molecule has 0 radical (unpaired) electrons. The Bertz CT molecular complexity index is 561. The predicted molar refractivity (Wildman–Crippen MR) is 80.0 cm³/mol. The van der Waals surface area contributed by atoms with Crippen molar-refractivity contribution in [2.45, 2.75) is 25.5 Å². The zero-order chi connectivity index (χ0) is 15.8. The number of carbonyl (C=O) groups is 1. The molecule has 1 fully saturated rings. The van der Waals surface area contributed by atoms with Gasteiger partial charge in [0.2, 0.25) is 5.91 Å². The van der Waals surface area contributed by atoms with E-state index >= 15 is 0 Å². The minimum atomic E-state index is -0.961. The Labute approximate surface area is 132 Å². The summed E-state index contributed by atoms with van der Waals surface area (Å²) in [4.78, 5) is 13.8. The third-order valence-electron chi connectivity index (χ3n) is 3.29. The number of ether oxygens (including phenoxy) is 1. The molecule has 1 saturated heterocycles. The van der Waals surface area contributed by atoms with Crippen LogP contribution >= 0.6 is 23.2 Å². The highest BCUT2D eigenvalue weighted by Crippen LogP contribution is 2.32. The molecule has 0 spiro atoms. The molecule has 0 aromatic heterocycles. The van der Waals surface area contributed by atoms with Gasteiger partial charge in [-0.1, -0.05) is 23.2 Å². The number of morpholine rings is 1. The van der Waals surface area contributed by atoms with Crippen molar-refractivity contribution in [3.63, 3.8) is 0 Å². The fraction of sp³-hybridized carbons (Fsp3) is 0.500. The first-order valence-electron chi connectivity index (χ1n) is 6.54. The maximum atomic E-state index is 13.6. The summed E-state index contributed by atoms with van der Waals surface area (Å²) in [5, 5.41) is 0.267. The molecule has 2 N–H and O–H groups in total. The summed E-state index contributed by atoms with van der Waals surface area (Å²) in [5.41, 5.74) is 5.35. The Morgan fingerprint density at radius 2 is 2.10 bits per heavy atom. The number of rotatable bonds is 2. The lowest BCUT2D eigenvalue weighted by Crippen LogP contribution is -2.54. The van der Waals surface area contributed by atoms with Gasteiger partial charge in [0, 0.05) is 17.1 Å². The summed E-state index contributed by atoms with van der Waals surface area (Å²) in [6, 6.07) is 2.58. The SMILES string of the molecule is CC(C)(N)C(=O)N1CCOC(c2cc(F)c(Cl)cc2Cl)C1. The number of nitrogens with zero attached hydrogens (tertiary/aromatic N) is 1. The highest BCUT2D eigenvalue weighted by Gasteiger charge is 2.33. The number of carbonyl (C=O) groups excluding carboxylic acids is 1. The first-order chi connectivity index (χ1) is 9.70. The molecule has 1 heterocycles. The summed E-state index contributed by atoms with van der Waals surface area (Å²) in [6.45, 7) is 4.36. The third-order valence-corrected chi connectivity index (χ3v) is 3.91. The zero-order valence-corrected chi connectivity index (χ0v) is 13.3. The summed E-state index contributed by atoms with van der Waals surface area (Å²) >= 11 is 11.8. The van der Waals surface area contributed by atoms with E-state index in [9.17, 15) is 9.18 Å². The highest BCUT2D eigenvalue weighted by molar-refractivity contribution is 6.35. The van der Waals surface area contributed by atoms with Gasteiger partial charge in [-0.15, -0.1) is 0 Å². The Balaban J connectivity index is 2.22. The lowest BCUT2D eigenvalue weighted by atomic mass is 10.0. The molecule has 0 aliphatic carbocycles. The fourth-order valence-electron chi connectivity index (χ4n) is 2.21. The van der Waals surface area contributed by atoms with E-state index in [0.717, 1.165) is 0 Å². The van der Waals surface area contributed by atoms with Crippen LogP contribution in [0, 0.1) is 5.82 Å². The average molecular weight is 335 g/mol. The van der Waals surface area contributed by atoms with Crippen molar-refractivity contribution < 1.29 is 13.9 Å². The van der Waals surface area contributed by atoms with Gasteiger partial charge in [0.05, 0.1) is 23.7 Å². The number of amides is 1. The van der Waals surface area contributed by atoms with Crippen LogP contribution < -0.4 is 5.73 Å². The molecule has 4 nitrogen and oxygen atoms in total. The summed E-state index contributed by atoms with van der Waals surface area (Å²) in [7, 11) is 0. The highest BCUT2D eigenvalue weighted by atomic mass is 35.5. The van der Waals surface area contributed by atoms with Crippen molar-refractivity contribution in [3.8, 4) is 0 Å². The van der Waals surface area contributed by atoms with E-state index in [4.69, 9.17) is 33.7 Å². The minimum absolute atomic E-state index is 0.0458. The van der Waals surface area contributed by atoms with Crippen molar-refractivity contribution in [1.82, 2.24) is 4.90 Å². The van der Waals surface area contributed by atoms with Crippen LogP contribution in [0.1, 0.15) is 25.5 Å². The summed E-state index contributed by atoms with van der Waals surface area (Å²) in [5.74, 6) is -0.747. The predicted octanol–water partition coefficient (Wildman–Crippen LogP) is 2.77. The molecule has 1 atom stereocenters. The van der Waals surface area contributed by atoms with Crippen molar-refractivity contribution in [1.29, 1.82) is 0 Å². The molecular weight excluding hydrogens is 318 g/mol. The molecule has 0 bridgehead atoms. The summed E-state index contributed by atoms with van der Waals surface area (Å²) < 4.78 is 19.2. The van der Waals surface area contributed by atoms with Gasteiger partial charge in [0.25, 0.3) is 0 Å². The Morgan fingerprint density at radius 1 is 1.43 bits per heavy atom. The van der Waals surface area contributed by atoms with Crippen molar-refractivity contribution >= 4 is 29.1 Å². The minimum Gasteiger partial charge on any atom is -0.370 e. The molecule has 1 aromatic carbocycles. The largest absolute Gasteiger partial charge is 0.370 e. The smallest absolute Gasteiger partial charge is 0.242 e. The second-order valence-corrected chi connectivity index (χ2v) is 6.43. The van der Waals surface area contributed by atoms with Crippen LogP contribution in [-0.2, 0) is 9.53 Å². The van der Waals surface area contributed by atoms with E-state index in [1.165, 1.54) is 12.1 Å². The van der Waals surface area contributed by atoms with Gasteiger partial charge in [-0.3, -0.25) is 4.79 Å². The second-order valence-electron chi connectivity index (χ2n) is 5.62. The molecule has 1 aliphatic heterocycles. The summed E-state index contributed by atoms with van der Waals surface area (Å²) in [6.07, 6.45) is -0.496. The molecule has 1 unspecified atom stereocenters. The van der Waals surface area contributed by atoms with E-state index in [2.05, 4.69) is 0 Å². The average Bonchev–Trinajstić information content (AvgIpc) is 2.41. The van der Waals surface area contributed by atoms with E-state index in [0.29, 0.717) is 23.7 Å². The van der Waals surface area contributed by atoms with Crippen LogP contribution in [0.2, 0.25) is 10.0 Å². The van der Waals surface area contributed by atoms with Gasteiger partial charge >= 0.3 is 0 Å². The molecule has 1 aliphatic rings.